The molecular formula is C16H26N2O4. The zero-order chi connectivity index (χ0) is 16.5. The molecule has 0 aromatic carbocycles. The average Bonchev–Trinajstić information content (AvgIpc) is 2.94. The molecule has 6 heteroatoms. The summed E-state index contributed by atoms with van der Waals surface area (Å²) in [5.41, 5.74) is -0.0716. The Morgan fingerprint density at radius 1 is 1.45 bits per heavy atom. The highest BCUT2D eigenvalue weighted by Crippen LogP contribution is 2.28. The fraction of sp³-hybridized carbons (Fsp3) is 0.750. The summed E-state index contributed by atoms with van der Waals surface area (Å²) < 4.78 is 16.3. The molecule has 0 aliphatic carbocycles. The maximum Gasteiger partial charge on any atom is 0.336 e. The fourth-order valence-electron chi connectivity index (χ4n) is 2.55. The van der Waals surface area contributed by atoms with Gasteiger partial charge in [0.05, 0.1) is 25.5 Å². The zero-order valence-corrected chi connectivity index (χ0v) is 14.3. The number of oxazole rings is 1. The van der Waals surface area contributed by atoms with Gasteiger partial charge in [0.25, 0.3) is 0 Å². The monoisotopic (exact) mass is 310 g/mol. The highest BCUT2D eigenvalue weighted by atomic mass is 16.6. The second-order valence-electron chi connectivity index (χ2n) is 6.90. The summed E-state index contributed by atoms with van der Waals surface area (Å²) in [6.45, 7) is 11.5. The van der Waals surface area contributed by atoms with Gasteiger partial charge in [-0.1, -0.05) is 20.8 Å². The topological polar surface area (TPSA) is 64.8 Å². The standard InChI is InChI=1S/C16H26N2O4/c1-10-8-18(9-12(21-10)15(19)20-6)11(2)14-17-7-13(22-14)16(3,4)5/h7,10-12H,8-9H2,1-6H3/t10-,11-,12+/m1/s1. The molecule has 22 heavy (non-hydrogen) atoms. The van der Waals surface area contributed by atoms with Crippen molar-refractivity contribution < 1.29 is 18.7 Å². The molecule has 0 N–H and O–H groups in total. The van der Waals surface area contributed by atoms with Crippen molar-refractivity contribution in [3.63, 3.8) is 0 Å². The normalized spacial score (nSPS) is 25.0. The maximum atomic E-state index is 11.7. The van der Waals surface area contributed by atoms with Crippen LogP contribution in [0.3, 0.4) is 0 Å². The molecule has 1 aromatic rings. The van der Waals surface area contributed by atoms with Crippen molar-refractivity contribution in [2.45, 2.75) is 58.3 Å². The Morgan fingerprint density at radius 2 is 2.14 bits per heavy atom. The van der Waals surface area contributed by atoms with E-state index in [1.54, 1.807) is 6.20 Å². The third-order valence-corrected chi connectivity index (χ3v) is 3.92. The second-order valence-corrected chi connectivity index (χ2v) is 6.90. The number of nitrogens with zero attached hydrogens (tertiary/aromatic N) is 2. The van der Waals surface area contributed by atoms with Gasteiger partial charge in [0, 0.05) is 18.5 Å². The number of hydrogen-bond donors (Lipinski definition) is 0. The molecule has 0 spiro atoms. The van der Waals surface area contributed by atoms with Crippen LogP contribution in [0.4, 0.5) is 0 Å². The van der Waals surface area contributed by atoms with E-state index < -0.39 is 6.10 Å². The first-order chi connectivity index (χ1) is 10.2. The lowest BCUT2D eigenvalue weighted by Gasteiger charge is -2.37. The summed E-state index contributed by atoms with van der Waals surface area (Å²) in [6.07, 6.45) is 1.18. The third-order valence-electron chi connectivity index (χ3n) is 3.92. The van der Waals surface area contributed by atoms with E-state index in [0.717, 1.165) is 12.3 Å². The van der Waals surface area contributed by atoms with Crippen LogP contribution in [-0.2, 0) is 19.7 Å². The van der Waals surface area contributed by atoms with Crippen molar-refractivity contribution in [2.24, 2.45) is 0 Å². The lowest BCUT2D eigenvalue weighted by Crippen LogP contribution is -2.50. The summed E-state index contributed by atoms with van der Waals surface area (Å²) in [6, 6.07) is -0.0189. The van der Waals surface area contributed by atoms with Crippen LogP contribution in [0.15, 0.2) is 10.6 Å². The van der Waals surface area contributed by atoms with Gasteiger partial charge in [0.15, 0.2) is 6.10 Å². The van der Waals surface area contributed by atoms with E-state index in [2.05, 4.69) is 30.7 Å². The van der Waals surface area contributed by atoms with Gasteiger partial charge in [0.1, 0.15) is 5.76 Å². The van der Waals surface area contributed by atoms with Gasteiger partial charge in [0.2, 0.25) is 5.89 Å². The van der Waals surface area contributed by atoms with E-state index in [4.69, 9.17) is 13.9 Å². The van der Waals surface area contributed by atoms with Crippen molar-refractivity contribution in [1.29, 1.82) is 0 Å². The van der Waals surface area contributed by atoms with Crippen LogP contribution >= 0.6 is 0 Å². The lowest BCUT2D eigenvalue weighted by molar-refractivity contribution is -0.168. The van der Waals surface area contributed by atoms with E-state index >= 15 is 0 Å². The number of aromatic nitrogens is 1. The van der Waals surface area contributed by atoms with Crippen molar-refractivity contribution >= 4 is 5.97 Å². The minimum atomic E-state index is -0.562. The Balaban J connectivity index is 2.12. The van der Waals surface area contributed by atoms with E-state index in [9.17, 15) is 4.79 Å². The molecule has 1 aromatic heterocycles. The summed E-state index contributed by atoms with van der Waals surface area (Å²) in [4.78, 5) is 18.3. The Labute approximate surface area is 131 Å². The first-order valence-corrected chi connectivity index (χ1v) is 7.66. The van der Waals surface area contributed by atoms with Crippen molar-refractivity contribution in [3.8, 4) is 0 Å². The molecule has 0 amide bonds. The summed E-state index contributed by atoms with van der Waals surface area (Å²) in [5.74, 6) is 1.19. The average molecular weight is 310 g/mol. The third kappa shape index (κ3) is 3.67. The quantitative estimate of drug-likeness (QED) is 0.798. The molecule has 1 saturated heterocycles. The Bertz CT molecular complexity index is 520. The van der Waals surface area contributed by atoms with Crippen LogP contribution < -0.4 is 0 Å². The molecule has 1 fully saturated rings. The molecule has 1 aliphatic rings. The molecule has 0 unspecified atom stereocenters. The Hall–Kier alpha value is -1.40. The number of hydrogen-bond acceptors (Lipinski definition) is 6. The van der Waals surface area contributed by atoms with Gasteiger partial charge in [-0.15, -0.1) is 0 Å². The number of carbonyl (C=O) groups excluding carboxylic acids is 1. The van der Waals surface area contributed by atoms with Gasteiger partial charge in [-0.05, 0) is 13.8 Å². The fourth-order valence-corrected chi connectivity index (χ4v) is 2.55. The molecule has 1 aliphatic heterocycles. The molecule has 0 bridgehead atoms. The molecule has 124 valence electrons. The predicted octanol–water partition coefficient (Wildman–Crippen LogP) is 2.30. The Morgan fingerprint density at radius 3 is 2.68 bits per heavy atom. The van der Waals surface area contributed by atoms with Gasteiger partial charge in [-0.3, -0.25) is 4.90 Å². The first kappa shape index (κ1) is 17.0. The van der Waals surface area contributed by atoms with E-state index in [1.165, 1.54) is 7.11 Å². The van der Waals surface area contributed by atoms with Crippen LogP contribution in [0, 0.1) is 0 Å². The summed E-state index contributed by atoms with van der Waals surface area (Å²) >= 11 is 0. The summed E-state index contributed by atoms with van der Waals surface area (Å²) in [5, 5.41) is 0. The molecule has 0 saturated carbocycles. The lowest BCUT2D eigenvalue weighted by atomic mass is 9.94. The molecule has 2 rings (SSSR count). The molecule has 6 nitrogen and oxygen atoms in total. The second kappa shape index (κ2) is 6.38. The van der Waals surface area contributed by atoms with E-state index in [0.29, 0.717) is 12.4 Å². The van der Waals surface area contributed by atoms with Crippen LogP contribution in [-0.4, -0.2) is 48.3 Å². The molecule has 0 radical (unpaired) electrons. The predicted molar refractivity (Wildman–Crippen MR) is 81.5 cm³/mol. The SMILES string of the molecule is COC(=O)[C@@H]1CN([C@H](C)c2ncc(C(C)(C)C)o2)C[C@@H](C)O1. The first-order valence-electron chi connectivity index (χ1n) is 7.66. The van der Waals surface area contributed by atoms with Gasteiger partial charge >= 0.3 is 5.97 Å². The number of morpholine rings is 1. The van der Waals surface area contributed by atoms with Gasteiger partial charge in [-0.25, -0.2) is 9.78 Å². The number of carbonyl (C=O) groups is 1. The van der Waals surface area contributed by atoms with Crippen molar-refractivity contribution in [2.75, 3.05) is 20.2 Å². The van der Waals surface area contributed by atoms with Crippen LogP contribution in [0.1, 0.15) is 52.3 Å². The number of ether oxygens (including phenoxy) is 2. The van der Waals surface area contributed by atoms with E-state index in [1.807, 2.05) is 13.8 Å². The summed E-state index contributed by atoms with van der Waals surface area (Å²) in [7, 11) is 1.38. The molecular weight excluding hydrogens is 284 g/mol. The number of methoxy groups -OCH3 is 1. The molecule has 2 heterocycles. The zero-order valence-electron chi connectivity index (χ0n) is 14.3. The van der Waals surface area contributed by atoms with Gasteiger partial charge < -0.3 is 13.9 Å². The molecule has 3 atom stereocenters. The van der Waals surface area contributed by atoms with E-state index in [-0.39, 0.29) is 23.5 Å². The number of rotatable bonds is 3. The van der Waals surface area contributed by atoms with Crippen LogP contribution in [0.2, 0.25) is 0 Å². The number of esters is 1. The van der Waals surface area contributed by atoms with Crippen LogP contribution in [0.25, 0.3) is 0 Å². The van der Waals surface area contributed by atoms with Gasteiger partial charge in [-0.2, -0.15) is 0 Å². The van der Waals surface area contributed by atoms with Crippen LogP contribution in [0.5, 0.6) is 0 Å². The highest BCUT2D eigenvalue weighted by molar-refractivity contribution is 5.75. The maximum absolute atomic E-state index is 11.7. The minimum Gasteiger partial charge on any atom is -0.467 e. The Kier molecular flexibility index (Phi) is 4.92. The smallest absolute Gasteiger partial charge is 0.336 e. The van der Waals surface area contributed by atoms with Crippen molar-refractivity contribution in [1.82, 2.24) is 9.88 Å². The van der Waals surface area contributed by atoms with Crippen molar-refractivity contribution in [3.05, 3.63) is 17.8 Å². The largest absolute Gasteiger partial charge is 0.467 e. The highest BCUT2D eigenvalue weighted by Gasteiger charge is 2.35. The minimum absolute atomic E-state index is 0.0189.